The number of morpholine rings is 1. The molecular weight excluding hydrogens is 456 g/mol. The number of benzene rings is 1. The van der Waals surface area contributed by atoms with Crippen LogP contribution in [0.1, 0.15) is 18.9 Å². The van der Waals surface area contributed by atoms with Gasteiger partial charge in [0.25, 0.3) is 5.91 Å². The van der Waals surface area contributed by atoms with Crippen LogP contribution in [0.4, 0.5) is 0 Å². The lowest BCUT2D eigenvalue weighted by atomic mass is 9.82. The number of rotatable bonds is 8. The van der Waals surface area contributed by atoms with Gasteiger partial charge in [-0.2, -0.15) is 0 Å². The number of carboxylic acids is 1. The van der Waals surface area contributed by atoms with Crippen LogP contribution in [0.15, 0.2) is 30.0 Å². The summed E-state index contributed by atoms with van der Waals surface area (Å²) in [7, 11) is -1.84. The number of β-lactam (4-membered cyclic amide) rings is 1. The molecule has 0 unspecified atom stereocenters. The topological polar surface area (TPSA) is 106 Å². The highest BCUT2D eigenvalue weighted by molar-refractivity contribution is 6.69. The van der Waals surface area contributed by atoms with E-state index in [1.54, 1.807) is 29.2 Å². The van der Waals surface area contributed by atoms with Gasteiger partial charge in [0.15, 0.2) is 14.9 Å². The first-order valence-electron chi connectivity index (χ1n) is 11.6. The van der Waals surface area contributed by atoms with E-state index in [4.69, 9.17) is 13.9 Å². The van der Waals surface area contributed by atoms with Crippen molar-refractivity contribution in [1.82, 2.24) is 9.80 Å². The van der Waals surface area contributed by atoms with Crippen molar-refractivity contribution in [3.63, 3.8) is 0 Å². The van der Waals surface area contributed by atoms with Gasteiger partial charge in [0, 0.05) is 13.1 Å². The van der Waals surface area contributed by atoms with Crippen LogP contribution in [-0.4, -0.2) is 86.1 Å². The smallest absolute Gasteiger partial charge is 0.352 e. The van der Waals surface area contributed by atoms with Gasteiger partial charge < -0.3 is 28.8 Å². The SMILES string of the molecule is C[C@@H](O[Si](C)(C)C)[C@H]1C(=O)N2C(C(=O)O)=C(c3ccc(OCC(=O)N4CCOCC4)cc3)C[C@H]12. The summed E-state index contributed by atoms with van der Waals surface area (Å²) in [5.41, 5.74) is 1.40. The number of amides is 2. The third kappa shape index (κ3) is 4.89. The molecule has 10 heteroatoms. The molecule has 0 saturated carbocycles. The van der Waals surface area contributed by atoms with E-state index in [0.29, 0.717) is 44.0 Å². The van der Waals surface area contributed by atoms with Crippen molar-refractivity contribution in [3.8, 4) is 5.75 Å². The number of hydrogen-bond acceptors (Lipinski definition) is 6. The molecule has 3 atom stereocenters. The van der Waals surface area contributed by atoms with Crippen LogP contribution in [0.25, 0.3) is 5.57 Å². The Labute approximate surface area is 200 Å². The molecule has 2 fully saturated rings. The van der Waals surface area contributed by atoms with Crippen molar-refractivity contribution in [2.24, 2.45) is 5.92 Å². The third-order valence-corrected chi connectivity index (χ3v) is 7.46. The number of ether oxygens (including phenoxy) is 2. The molecule has 1 aromatic rings. The highest BCUT2D eigenvalue weighted by Crippen LogP contribution is 2.47. The number of fused-ring (bicyclic) bond motifs is 1. The number of nitrogens with zero attached hydrogens (tertiary/aromatic N) is 2. The second-order valence-corrected chi connectivity index (χ2v) is 14.3. The summed E-state index contributed by atoms with van der Waals surface area (Å²) in [5, 5.41) is 9.87. The lowest BCUT2D eigenvalue weighted by Gasteiger charge is -2.47. The molecule has 2 saturated heterocycles. The molecular formula is C24H32N2O7Si. The van der Waals surface area contributed by atoms with Crippen molar-refractivity contribution in [2.75, 3.05) is 32.9 Å². The summed E-state index contributed by atoms with van der Waals surface area (Å²) in [6.07, 6.45) is 0.210. The predicted molar refractivity (Wildman–Crippen MR) is 127 cm³/mol. The van der Waals surface area contributed by atoms with Gasteiger partial charge in [0.1, 0.15) is 11.4 Å². The van der Waals surface area contributed by atoms with Crippen molar-refractivity contribution in [1.29, 1.82) is 0 Å². The van der Waals surface area contributed by atoms with Crippen LogP contribution < -0.4 is 4.74 Å². The zero-order valence-corrected chi connectivity index (χ0v) is 21.1. The largest absolute Gasteiger partial charge is 0.484 e. The molecule has 3 heterocycles. The van der Waals surface area contributed by atoms with Gasteiger partial charge in [-0.25, -0.2) is 4.79 Å². The van der Waals surface area contributed by atoms with Crippen LogP contribution in [0.3, 0.4) is 0 Å². The Morgan fingerprint density at radius 2 is 1.82 bits per heavy atom. The van der Waals surface area contributed by atoms with Gasteiger partial charge in [-0.3, -0.25) is 9.59 Å². The van der Waals surface area contributed by atoms with Crippen LogP contribution in [0.5, 0.6) is 5.75 Å². The third-order valence-electron chi connectivity index (χ3n) is 6.39. The number of carbonyl (C=O) groups is 3. The van der Waals surface area contributed by atoms with E-state index in [1.165, 1.54) is 4.90 Å². The number of carbonyl (C=O) groups excluding carboxylic acids is 2. The molecule has 0 aliphatic carbocycles. The zero-order valence-electron chi connectivity index (χ0n) is 20.1. The number of hydrogen-bond donors (Lipinski definition) is 1. The van der Waals surface area contributed by atoms with E-state index in [1.807, 2.05) is 6.92 Å². The van der Waals surface area contributed by atoms with Crippen molar-refractivity contribution >= 4 is 31.7 Å². The Kier molecular flexibility index (Phi) is 6.84. The fraction of sp³-hybridized carbons (Fsp3) is 0.542. The lowest BCUT2D eigenvalue weighted by Crippen LogP contribution is -2.63. The van der Waals surface area contributed by atoms with E-state index in [9.17, 15) is 19.5 Å². The molecule has 34 heavy (non-hydrogen) atoms. The Hall–Kier alpha value is -2.69. The maximum atomic E-state index is 12.9. The predicted octanol–water partition coefficient (Wildman–Crippen LogP) is 2.19. The molecule has 3 aliphatic heterocycles. The molecule has 2 amide bonds. The Balaban J connectivity index is 1.44. The van der Waals surface area contributed by atoms with Crippen molar-refractivity contribution in [3.05, 3.63) is 35.5 Å². The van der Waals surface area contributed by atoms with E-state index in [0.717, 1.165) is 5.56 Å². The summed E-state index contributed by atoms with van der Waals surface area (Å²) in [6, 6.07) is 6.79. The number of aliphatic carboxylic acids is 1. The van der Waals surface area contributed by atoms with Crippen molar-refractivity contribution < 1.29 is 33.4 Å². The quantitative estimate of drug-likeness (QED) is 0.442. The molecule has 0 aromatic heterocycles. The normalized spacial score (nSPS) is 23.5. The fourth-order valence-electron chi connectivity index (χ4n) is 4.95. The van der Waals surface area contributed by atoms with Crippen LogP contribution in [0.2, 0.25) is 19.6 Å². The van der Waals surface area contributed by atoms with Crippen LogP contribution in [-0.2, 0) is 23.5 Å². The highest BCUT2D eigenvalue weighted by Gasteiger charge is 2.57. The maximum absolute atomic E-state index is 12.9. The van der Waals surface area contributed by atoms with Crippen molar-refractivity contribution in [2.45, 2.75) is 45.1 Å². The summed E-state index contributed by atoms with van der Waals surface area (Å²) in [6.45, 7) is 10.2. The van der Waals surface area contributed by atoms with Gasteiger partial charge in [-0.15, -0.1) is 0 Å². The minimum Gasteiger partial charge on any atom is -0.484 e. The summed E-state index contributed by atoms with van der Waals surface area (Å²) < 4.78 is 17.0. The first kappa shape index (κ1) is 24.4. The second-order valence-electron chi connectivity index (χ2n) is 9.88. The minimum atomic E-state index is -1.84. The molecule has 9 nitrogen and oxygen atoms in total. The Morgan fingerprint density at radius 3 is 2.41 bits per heavy atom. The van der Waals surface area contributed by atoms with Crippen LogP contribution >= 0.6 is 0 Å². The fourth-order valence-corrected chi connectivity index (χ4v) is 6.21. The molecule has 1 N–H and O–H groups in total. The number of carboxylic acid groups (broad SMARTS) is 1. The average molecular weight is 489 g/mol. The highest BCUT2D eigenvalue weighted by atomic mass is 28.4. The Bertz CT molecular complexity index is 996. The minimum absolute atomic E-state index is 0.0441. The van der Waals surface area contributed by atoms with Gasteiger partial charge in [-0.05, 0) is 56.3 Å². The molecule has 1 aromatic carbocycles. The zero-order chi connectivity index (χ0) is 24.6. The van der Waals surface area contributed by atoms with E-state index in [2.05, 4.69) is 19.6 Å². The van der Waals surface area contributed by atoms with Crippen LogP contribution in [0, 0.1) is 5.92 Å². The maximum Gasteiger partial charge on any atom is 0.352 e. The molecule has 3 aliphatic rings. The first-order chi connectivity index (χ1) is 16.1. The summed E-state index contributed by atoms with van der Waals surface area (Å²) in [5.74, 6) is -1.21. The van der Waals surface area contributed by atoms with Gasteiger partial charge in [0.2, 0.25) is 5.91 Å². The Morgan fingerprint density at radius 1 is 1.18 bits per heavy atom. The van der Waals surface area contributed by atoms with Gasteiger partial charge in [0.05, 0.1) is 31.3 Å². The monoisotopic (exact) mass is 488 g/mol. The average Bonchev–Trinajstić information content (AvgIpc) is 3.12. The van der Waals surface area contributed by atoms with Gasteiger partial charge >= 0.3 is 5.97 Å². The molecule has 4 rings (SSSR count). The standard InChI is InChI=1S/C24H32N2O7Si/c1-15(33-34(2,3)4)21-19-13-18(22(24(29)30)26(19)23(21)28)16-5-7-17(8-6-16)32-14-20(27)25-9-11-31-12-10-25/h5-8,15,19,21H,9-14H2,1-4H3,(H,29,30)/t15-,19-,21-/m1/s1. The molecule has 0 spiro atoms. The second kappa shape index (κ2) is 9.51. The van der Waals surface area contributed by atoms with E-state index in [-0.39, 0.29) is 42.2 Å². The van der Waals surface area contributed by atoms with E-state index >= 15 is 0 Å². The summed E-state index contributed by atoms with van der Waals surface area (Å²) >= 11 is 0. The molecule has 0 bridgehead atoms. The molecule has 184 valence electrons. The first-order valence-corrected chi connectivity index (χ1v) is 15.0. The molecule has 0 radical (unpaired) electrons. The summed E-state index contributed by atoms with van der Waals surface area (Å²) in [4.78, 5) is 40.4. The lowest BCUT2D eigenvalue weighted by molar-refractivity contribution is -0.160. The van der Waals surface area contributed by atoms with E-state index < -0.39 is 14.3 Å². The van der Waals surface area contributed by atoms with Gasteiger partial charge in [-0.1, -0.05) is 12.1 Å².